The van der Waals surface area contributed by atoms with Gasteiger partial charge in [-0.25, -0.2) is 4.39 Å². The number of fused-ring (bicyclic) bond motifs is 3. The molecule has 2 aromatic carbocycles. The largest absolute Gasteiger partial charge is 0.357 e. The first-order valence-corrected chi connectivity index (χ1v) is 7.40. The molecular weight excluding hydrogens is 287 g/mol. The van der Waals surface area contributed by atoms with Gasteiger partial charge in [-0.05, 0) is 34.9 Å². The molecule has 4 rings (SSSR count). The first kappa shape index (κ1) is 12.9. The number of aromatic nitrogens is 1. The van der Waals surface area contributed by atoms with E-state index in [0.29, 0.717) is 5.02 Å². The van der Waals surface area contributed by atoms with E-state index in [-0.39, 0.29) is 5.82 Å². The Labute approximate surface area is 126 Å². The number of halogens is 2. The number of benzene rings is 2. The third kappa shape index (κ3) is 2.04. The maximum Gasteiger partial charge on any atom is 0.123 e. The Morgan fingerprint density at radius 3 is 2.90 bits per heavy atom. The molecule has 0 aliphatic carbocycles. The molecule has 0 saturated carbocycles. The molecule has 0 atom stereocenters. The Kier molecular flexibility index (Phi) is 2.98. The van der Waals surface area contributed by atoms with Crippen LogP contribution in [0.3, 0.4) is 0 Å². The monoisotopic (exact) mass is 300 g/mol. The molecule has 0 bridgehead atoms. The Bertz CT molecular complexity index is 838. The lowest BCUT2D eigenvalue weighted by atomic mass is 9.97. The quantitative estimate of drug-likeness (QED) is 0.690. The van der Waals surface area contributed by atoms with Crippen molar-refractivity contribution in [3.63, 3.8) is 0 Å². The van der Waals surface area contributed by atoms with Gasteiger partial charge in [0.15, 0.2) is 0 Å². The van der Waals surface area contributed by atoms with Gasteiger partial charge in [0, 0.05) is 30.6 Å². The Morgan fingerprint density at radius 1 is 1.14 bits per heavy atom. The summed E-state index contributed by atoms with van der Waals surface area (Å²) in [6, 6.07) is 10.6. The van der Waals surface area contributed by atoms with Crippen LogP contribution in [0.4, 0.5) is 4.39 Å². The Balaban J connectivity index is 2.05. The molecule has 2 N–H and O–H groups in total. The molecule has 106 valence electrons. The van der Waals surface area contributed by atoms with E-state index in [0.717, 1.165) is 41.5 Å². The van der Waals surface area contributed by atoms with E-state index in [1.54, 1.807) is 12.1 Å². The van der Waals surface area contributed by atoms with Crippen molar-refractivity contribution >= 4 is 22.5 Å². The van der Waals surface area contributed by atoms with E-state index < -0.39 is 0 Å². The minimum Gasteiger partial charge on any atom is -0.357 e. The number of aromatic amines is 1. The standard InChI is InChI=1S/C17H14ClFN2/c18-14-5-4-12(10-2-1-3-11(19)8-10)16-13-9-20-7-6-15(13)21-17(14)16/h1-5,8,20-21H,6-7,9H2. The Morgan fingerprint density at radius 2 is 2.05 bits per heavy atom. The van der Waals surface area contributed by atoms with Crippen molar-refractivity contribution < 1.29 is 4.39 Å². The fourth-order valence-corrected chi connectivity index (χ4v) is 3.33. The summed E-state index contributed by atoms with van der Waals surface area (Å²) in [5, 5.41) is 5.21. The predicted octanol–water partition coefficient (Wildman–Crippen LogP) is 4.27. The zero-order chi connectivity index (χ0) is 14.4. The lowest BCUT2D eigenvalue weighted by Gasteiger charge is -2.14. The summed E-state index contributed by atoms with van der Waals surface area (Å²) in [4.78, 5) is 3.44. The van der Waals surface area contributed by atoms with Gasteiger partial charge in [0.25, 0.3) is 0 Å². The summed E-state index contributed by atoms with van der Waals surface area (Å²) in [5.74, 6) is -0.224. The van der Waals surface area contributed by atoms with E-state index in [4.69, 9.17) is 11.6 Å². The van der Waals surface area contributed by atoms with Crippen LogP contribution >= 0.6 is 11.6 Å². The highest BCUT2D eigenvalue weighted by molar-refractivity contribution is 6.35. The molecule has 0 spiro atoms. The molecule has 1 aliphatic rings. The summed E-state index contributed by atoms with van der Waals surface area (Å²) < 4.78 is 13.6. The van der Waals surface area contributed by atoms with Crippen LogP contribution in [-0.2, 0) is 13.0 Å². The highest BCUT2D eigenvalue weighted by atomic mass is 35.5. The van der Waals surface area contributed by atoms with E-state index in [9.17, 15) is 4.39 Å². The first-order chi connectivity index (χ1) is 10.2. The third-order valence-electron chi connectivity index (χ3n) is 4.09. The van der Waals surface area contributed by atoms with Gasteiger partial charge in [-0.1, -0.05) is 29.8 Å². The molecule has 0 fully saturated rings. The van der Waals surface area contributed by atoms with E-state index in [1.807, 2.05) is 18.2 Å². The SMILES string of the molecule is Fc1cccc(-c2ccc(Cl)c3[nH]c4c(c23)CNCC4)c1. The molecule has 1 aromatic heterocycles. The number of hydrogen-bond donors (Lipinski definition) is 2. The fourth-order valence-electron chi connectivity index (χ4n) is 3.12. The molecule has 0 radical (unpaired) electrons. The lowest BCUT2D eigenvalue weighted by Crippen LogP contribution is -2.22. The molecular formula is C17H14ClFN2. The molecule has 0 unspecified atom stereocenters. The number of nitrogens with one attached hydrogen (secondary N) is 2. The zero-order valence-corrected chi connectivity index (χ0v) is 12.1. The maximum absolute atomic E-state index is 13.6. The van der Waals surface area contributed by atoms with Crippen LogP contribution in [-0.4, -0.2) is 11.5 Å². The number of hydrogen-bond acceptors (Lipinski definition) is 1. The van der Waals surface area contributed by atoms with E-state index in [2.05, 4.69) is 10.3 Å². The molecule has 21 heavy (non-hydrogen) atoms. The number of H-pyrrole nitrogens is 1. The maximum atomic E-state index is 13.6. The van der Waals surface area contributed by atoms with Crippen LogP contribution in [0.5, 0.6) is 0 Å². The van der Waals surface area contributed by atoms with Crippen LogP contribution < -0.4 is 5.32 Å². The van der Waals surface area contributed by atoms with Crippen LogP contribution in [0.1, 0.15) is 11.3 Å². The second-order valence-electron chi connectivity index (χ2n) is 5.36. The average molecular weight is 301 g/mol. The second kappa shape index (κ2) is 4.86. The molecule has 1 aliphatic heterocycles. The molecule has 0 amide bonds. The number of rotatable bonds is 1. The van der Waals surface area contributed by atoms with E-state index >= 15 is 0 Å². The summed E-state index contributed by atoms with van der Waals surface area (Å²) in [7, 11) is 0. The zero-order valence-electron chi connectivity index (χ0n) is 11.3. The topological polar surface area (TPSA) is 27.8 Å². The Hall–Kier alpha value is -1.84. The van der Waals surface area contributed by atoms with Crippen LogP contribution in [0, 0.1) is 5.82 Å². The molecule has 2 heterocycles. The molecule has 3 aromatic rings. The van der Waals surface area contributed by atoms with Crippen molar-refractivity contribution in [1.29, 1.82) is 0 Å². The molecule has 4 heteroatoms. The van der Waals surface area contributed by atoms with Gasteiger partial charge in [-0.15, -0.1) is 0 Å². The van der Waals surface area contributed by atoms with Gasteiger partial charge in [0.05, 0.1) is 10.5 Å². The van der Waals surface area contributed by atoms with Crippen molar-refractivity contribution in [3.05, 3.63) is 58.5 Å². The first-order valence-electron chi connectivity index (χ1n) is 7.02. The van der Waals surface area contributed by atoms with Crippen molar-refractivity contribution in [2.24, 2.45) is 0 Å². The van der Waals surface area contributed by atoms with Gasteiger partial charge in [0.1, 0.15) is 5.82 Å². The fraction of sp³-hybridized carbons (Fsp3) is 0.176. The van der Waals surface area contributed by atoms with Crippen LogP contribution in [0.2, 0.25) is 5.02 Å². The van der Waals surface area contributed by atoms with Crippen molar-refractivity contribution in [1.82, 2.24) is 10.3 Å². The van der Waals surface area contributed by atoms with E-state index in [1.165, 1.54) is 17.3 Å². The van der Waals surface area contributed by atoms with Gasteiger partial charge in [-0.2, -0.15) is 0 Å². The van der Waals surface area contributed by atoms with Gasteiger partial charge < -0.3 is 10.3 Å². The molecule has 2 nitrogen and oxygen atoms in total. The average Bonchev–Trinajstić information content (AvgIpc) is 2.88. The second-order valence-corrected chi connectivity index (χ2v) is 5.77. The predicted molar refractivity (Wildman–Crippen MR) is 84.1 cm³/mol. The minimum absolute atomic E-state index is 0.224. The summed E-state index contributed by atoms with van der Waals surface area (Å²) in [6.45, 7) is 1.78. The van der Waals surface area contributed by atoms with Crippen LogP contribution in [0.15, 0.2) is 36.4 Å². The summed E-state index contributed by atoms with van der Waals surface area (Å²) in [5.41, 5.74) is 5.33. The van der Waals surface area contributed by atoms with Crippen molar-refractivity contribution in [3.8, 4) is 11.1 Å². The third-order valence-corrected chi connectivity index (χ3v) is 4.40. The van der Waals surface area contributed by atoms with Gasteiger partial charge >= 0.3 is 0 Å². The van der Waals surface area contributed by atoms with Gasteiger partial charge in [-0.3, -0.25) is 0 Å². The summed E-state index contributed by atoms with van der Waals surface area (Å²) >= 11 is 6.34. The lowest BCUT2D eigenvalue weighted by molar-refractivity contribution is 0.628. The highest BCUT2D eigenvalue weighted by Crippen LogP contribution is 2.37. The minimum atomic E-state index is -0.224. The van der Waals surface area contributed by atoms with Crippen molar-refractivity contribution in [2.75, 3.05) is 6.54 Å². The van der Waals surface area contributed by atoms with Crippen LogP contribution in [0.25, 0.3) is 22.0 Å². The highest BCUT2D eigenvalue weighted by Gasteiger charge is 2.19. The summed E-state index contributed by atoms with van der Waals surface area (Å²) in [6.07, 6.45) is 0.961. The smallest absolute Gasteiger partial charge is 0.123 e. The van der Waals surface area contributed by atoms with Gasteiger partial charge in [0.2, 0.25) is 0 Å². The molecule has 0 saturated heterocycles. The normalized spacial score (nSPS) is 14.4. The van der Waals surface area contributed by atoms with Crippen molar-refractivity contribution in [2.45, 2.75) is 13.0 Å².